The van der Waals surface area contributed by atoms with Crippen molar-refractivity contribution >= 4 is 5.97 Å². The van der Waals surface area contributed by atoms with Gasteiger partial charge in [-0.2, -0.15) is 0 Å². The standard InChI is InChI=1S/C12H20O2/c1-12(6-2-3-7-12)8-9-4-5-10(9)11(13)14/h9-10H,2-8H2,1H3,(H,13,14). The number of carbonyl (C=O) groups is 1. The first-order chi connectivity index (χ1) is 6.61. The van der Waals surface area contributed by atoms with E-state index in [-0.39, 0.29) is 5.92 Å². The Morgan fingerprint density at radius 1 is 1.36 bits per heavy atom. The molecule has 0 amide bonds. The molecule has 2 saturated carbocycles. The Morgan fingerprint density at radius 2 is 2.00 bits per heavy atom. The van der Waals surface area contributed by atoms with Gasteiger partial charge in [-0.3, -0.25) is 4.79 Å². The van der Waals surface area contributed by atoms with E-state index >= 15 is 0 Å². The SMILES string of the molecule is CC1(CC2CCC2C(=O)O)CCCC1. The quantitative estimate of drug-likeness (QED) is 0.753. The third kappa shape index (κ3) is 1.79. The maximum absolute atomic E-state index is 10.9. The van der Waals surface area contributed by atoms with Crippen LogP contribution in [0.1, 0.15) is 51.9 Å². The van der Waals surface area contributed by atoms with E-state index in [9.17, 15) is 4.79 Å². The van der Waals surface area contributed by atoms with Crippen molar-refractivity contribution in [2.45, 2.75) is 51.9 Å². The van der Waals surface area contributed by atoms with Gasteiger partial charge in [-0.25, -0.2) is 0 Å². The Kier molecular flexibility index (Phi) is 2.54. The van der Waals surface area contributed by atoms with Gasteiger partial charge < -0.3 is 5.11 Å². The normalized spacial score (nSPS) is 35.2. The van der Waals surface area contributed by atoms with Gasteiger partial charge in [0, 0.05) is 0 Å². The summed E-state index contributed by atoms with van der Waals surface area (Å²) in [7, 11) is 0. The van der Waals surface area contributed by atoms with E-state index in [1.165, 1.54) is 25.7 Å². The molecule has 0 aromatic heterocycles. The molecule has 0 saturated heterocycles. The van der Waals surface area contributed by atoms with Crippen LogP contribution in [0.2, 0.25) is 0 Å². The van der Waals surface area contributed by atoms with Crippen LogP contribution in [0.4, 0.5) is 0 Å². The lowest BCUT2D eigenvalue weighted by Gasteiger charge is -2.39. The van der Waals surface area contributed by atoms with Crippen LogP contribution in [0.3, 0.4) is 0 Å². The monoisotopic (exact) mass is 196 g/mol. The van der Waals surface area contributed by atoms with E-state index in [0.29, 0.717) is 11.3 Å². The zero-order valence-corrected chi connectivity index (χ0v) is 8.96. The lowest BCUT2D eigenvalue weighted by atomic mass is 9.65. The largest absolute Gasteiger partial charge is 0.481 e. The summed E-state index contributed by atoms with van der Waals surface area (Å²) in [5.41, 5.74) is 0.471. The van der Waals surface area contributed by atoms with Crippen molar-refractivity contribution in [3.05, 3.63) is 0 Å². The summed E-state index contributed by atoms with van der Waals surface area (Å²) in [5.74, 6) is -0.106. The van der Waals surface area contributed by atoms with Crippen molar-refractivity contribution in [2.75, 3.05) is 0 Å². The smallest absolute Gasteiger partial charge is 0.306 e. The summed E-state index contributed by atoms with van der Waals surface area (Å²) < 4.78 is 0. The fraction of sp³-hybridized carbons (Fsp3) is 0.917. The predicted octanol–water partition coefficient (Wildman–Crippen LogP) is 3.07. The second kappa shape index (κ2) is 3.56. The molecule has 80 valence electrons. The molecule has 0 aliphatic heterocycles. The minimum Gasteiger partial charge on any atom is -0.481 e. The number of hydrogen-bond donors (Lipinski definition) is 1. The number of carboxylic acid groups (broad SMARTS) is 1. The average molecular weight is 196 g/mol. The van der Waals surface area contributed by atoms with Crippen LogP contribution in [0.25, 0.3) is 0 Å². The predicted molar refractivity (Wildman–Crippen MR) is 55.0 cm³/mol. The molecule has 0 bridgehead atoms. The Morgan fingerprint density at radius 3 is 2.43 bits per heavy atom. The first kappa shape index (κ1) is 10.0. The average Bonchev–Trinajstić information content (AvgIpc) is 2.46. The Balaban J connectivity index is 1.88. The van der Waals surface area contributed by atoms with Gasteiger partial charge in [0.15, 0.2) is 0 Å². The third-order valence-corrected chi connectivity index (χ3v) is 4.30. The van der Waals surface area contributed by atoms with Crippen molar-refractivity contribution in [3.8, 4) is 0 Å². The highest BCUT2D eigenvalue weighted by molar-refractivity contribution is 5.71. The second-order valence-corrected chi connectivity index (χ2v) is 5.50. The highest BCUT2D eigenvalue weighted by Gasteiger charge is 2.41. The van der Waals surface area contributed by atoms with Crippen LogP contribution in [0.5, 0.6) is 0 Å². The lowest BCUT2D eigenvalue weighted by Crippen LogP contribution is -2.35. The second-order valence-electron chi connectivity index (χ2n) is 5.50. The number of aliphatic carboxylic acids is 1. The first-order valence-corrected chi connectivity index (χ1v) is 5.84. The van der Waals surface area contributed by atoms with Crippen LogP contribution in [-0.2, 0) is 4.79 Å². The molecule has 2 aliphatic rings. The molecule has 0 spiro atoms. The van der Waals surface area contributed by atoms with Crippen molar-refractivity contribution in [2.24, 2.45) is 17.3 Å². The van der Waals surface area contributed by atoms with Gasteiger partial charge >= 0.3 is 5.97 Å². The van der Waals surface area contributed by atoms with E-state index < -0.39 is 5.97 Å². The minimum atomic E-state index is -0.567. The summed E-state index contributed by atoms with van der Waals surface area (Å²) in [6.45, 7) is 2.34. The third-order valence-electron chi connectivity index (χ3n) is 4.30. The number of carboxylic acids is 1. The number of rotatable bonds is 3. The van der Waals surface area contributed by atoms with Gasteiger partial charge in [0.2, 0.25) is 0 Å². The molecule has 2 atom stereocenters. The van der Waals surface area contributed by atoms with Crippen LogP contribution < -0.4 is 0 Å². The Bertz CT molecular complexity index is 228. The molecule has 2 nitrogen and oxygen atoms in total. The zero-order valence-electron chi connectivity index (χ0n) is 8.96. The van der Waals surface area contributed by atoms with E-state index in [2.05, 4.69) is 6.92 Å². The molecular weight excluding hydrogens is 176 g/mol. The fourth-order valence-electron chi connectivity index (χ4n) is 3.20. The van der Waals surface area contributed by atoms with Gasteiger partial charge in [0.05, 0.1) is 5.92 Å². The lowest BCUT2D eigenvalue weighted by molar-refractivity contribution is -0.148. The van der Waals surface area contributed by atoms with E-state index in [1.807, 2.05) is 0 Å². The van der Waals surface area contributed by atoms with Gasteiger partial charge in [0.1, 0.15) is 0 Å². The molecule has 0 heterocycles. The summed E-state index contributed by atoms with van der Waals surface area (Å²) in [6, 6.07) is 0. The maximum Gasteiger partial charge on any atom is 0.306 e. The van der Waals surface area contributed by atoms with Crippen LogP contribution in [-0.4, -0.2) is 11.1 Å². The van der Waals surface area contributed by atoms with Crippen molar-refractivity contribution in [3.63, 3.8) is 0 Å². The molecule has 2 rings (SSSR count). The van der Waals surface area contributed by atoms with Crippen molar-refractivity contribution in [1.82, 2.24) is 0 Å². The highest BCUT2D eigenvalue weighted by atomic mass is 16.4. The van der Waals surface area contributed by atoms with Crippen LogP contribution in [0.15, 0.2) is 0 Å². The van der Waals surface area contributed by atoms with E-state index in [4.69, 9.17) is 5.11 Å². The Labute approximate surface area is 85.7 Å². The summed E-state index contributed by atoms with van der Waals surface area (Å²) in [4.78, 5) is 10.9. The molecule has 14 heavy (non-hydrogen) atoms. The molecular formula is C12H20O2. The fourth-order valence-corrected chi connectivity index (χ4v) is 3.20. The summed E-state index contributed by atoms with van der Waals surface area (Å²) >= 11 is 0. The molecule has 0 radical (unpaired) electrons. The topological polar surface area (TPSA) is 37.3 Å². The molecule has 0 aromatic carbocycles. The molecule has 2 aliphatic carbocycles. The minimum absolute atomic E-state index is 0.0209. The molecule has 2 heteroatoms. The Hall–Kier alpha value is -0.530. The van der Waals surface area contributed by atoms with Gasteiger partial charge in [-0.15, -0.1) is 0 Å². The van der Waals surface area contributed by atoms with Gasteiger partial charge in [0.25, 0.3) is 0 Å². The maximum atomic E-state index is 10.9. The van der Waals surface area contributed by atoms with Gasteiger partial charge in [-0.05, 0) is 43.4 Å². The van der Waals surface area contributed by atoms with Crippen molar-refractivity contribution in [1.29, 1.82) is 0 Å². The summed E-state index contributed by atoms with van der Waals surface area (Å²) in [5, 5.41) is 8.96. The first-order valence-electron chi connectivity index (χ1n) is 5.84. The molecule has 1 N–H and O–H groups in total. The van der Waals surface area contributed by atoms with E-state index in [0.717, 1.165) is 19.3 Å². The van der Waals surface area contributed by atoms with Crippen LogP contribution >= 0.6 is 0 Å². The van der Waals surface area contributed by atoms with Crippen LogP contribution in [0, 0.1) is 17.3 Å². The number of hydrogen-bond acceptors (Lipinski definition) is 1. The highest BCUT2D eigenvalue weighted by Crippen LogP contribution is 2.48. The molecule has 0 aromatic rings. The van der Waals surface area contributed by atoms with Crippen molar-refractivity contribution < 1.29 is 9.90 Å². The summed E-state index contributed by atoms with van der Waals surface area (Å²) in [6.07, 6.45) is 8.54. The molecule has 2 fully saturated rings. The molecule has 2 unspecified atom stereocenters. The van der Waals surface area contributed by atoms with E-state index in [1.54, 1.807) is 0 Å². The zero-order chi connectivity index (χ0) is 10.2. The van der Waals surface area contributed by atoms with Gasteiger partial charge in [-0.1, -0.05) is 19.8 Å².